The molecular weight excluding hydrogens is 332 g/mol. The van der Waals surface area contributed by atoms with Gasteiger partial charge in [-0.2, -0.15) is 0 Å². The quantitative estimate of drug-likeness (QED) is 0.787. The zero-order chi connectivity index (χ0) is 18.1. The fourth-order valence-electron chi connectivity index (χ4n) is 3.19. The molecule has 1 aromatic heterocycles. The highest BCUT2D eigenvalue weighted by Crippen LogP contribution is 2.26. The van der Waals surface area contributed by atoms with Gasteiger partial charge >= 0.3 is 5.97 Å². The number of aliphatic carboxylic acids is 1. The number of carbonyl (C=O) groups excluding carboxylic acids is 1. The highest BCUT2D eigenvalue weighted by molar-refractivity contribution is 5.95. The van der Waals surface area contributed by atoms with Gasteiger partial charge in [0.1, 0.15) is 12.3 Å². The second-order valence-electron chi connectivity index (χ2n) is 6.16. The van der Waals surface area contributed by atoms with Crippen molar-refractivity contribution in [1.29, 1.82) is 0 Å². The number of carboxylic acids is 1. The third-order valence-corrected chi connectivity index (χ3v) is 4.54. The average Bonchev–Trinajstić information content (AvgIpc) is 3.17. The van der Waals surface area contributed by atoms with Crippen molar-refractivity contribution in [2.45, 2.75) is 19.0 Å². The van der Waals surface area contributed by atoms with Gasteiger partial charge in [0.2, 0.25) is 5.89 Å². The Morgan fingerprint density at radius 2 is 1.73 bits per heavy atom. The van der Waals surface area contributed by atoms with Crippen LogP contribution in [0.5, 0.6) is 0 Å². The fraction of sp³-hybridized carbons (Fsp3) is 0.150. The number of hydrogen-bond acceptors (Lipinski definition) is 4. The van der Waals surface area contributed by atoms with E-state index in [0.717, 1.165) is 16.7 Å². The van der Waals surface area contributed by atoms with E-state index < -0.39 is 17.9 Å². The summed E-state index contributed by atoms with van der Waals surface area (Å²) in [5.74, 6) is -1.14. The molecule has 2 heterocycles. The number of fused-ring (bicyclic) bond motifs is 1. The number of nitrogens with zero attached hydrogens (tertiary/aromatic N) is 2. The first-order valence-corrected chi connectivity index (χ1v) is 8.25. The van der Waals surface area contributed by atoms with Crippen molar-refractivity contribution >= 4 is 11.9 Å². The van der Waals surface area contributed by atoms with Crippen LogP contribution in [0.15, 0.2) is 65.3 Å². The topological polar surface area (TPSA) is 83.6 Å². The molecule has 0 bridgehead atoms. The molecule has 26 heavy (non-hydrogen) atoms. The third kappa shape index (κ3) is 2.86. The molecular formula is C20H16N2O4. The lowest BCUT2D eigenvalue weighted by atomic mass is 9.94. The summed E-state index contributed by atoms with van der Waals surface area (Å²) in [6.45, 7) is 0.236. The van der Waals surface area contributed by atoms with Gasteiger partial charge in [-0.15, -0.1) is 0 Å². The molecule has 0 fully saturated rings. The average molecular weight is 348 g/mol. The maximum Gasteiger partial charge on any atom is 0.326 e. The van der Waals surface area contributed by atoms with Crippen LogP contribution in [0.3, 0.4) is 0 Å². The molecule has 130 valence electrons. The van der Waals surface area contributed by atoms with Crippen molar-refractivity contribution in [2.75, 3.05) is 0 Å². The molecule has 1 amide bonds. The van der Waals surface area contributed by atoms with Crippen molar-refractivity contribution < 1.29 is 19.1 Å². The summed E-state index contributed by atoms with van der Waals surface area (Å²) in [5.41, 5.74) is 2.76. The van der Waals surface area contributed by atoms with Gasteiger partial charge in [-0.05, 0) is 23.3 Å². The molecule has 0 radical (unpaired) electrons. The fourth-order valence-corrected chi connectivity index (χ4v) is 3.19. The van der Waals surface area contributed by atoms with E-state index in [0.29, 0.717) is 5.89 Å². The Kier molecular flexibility index (Phi) is 4.01. The van der Waals surface area contributed by atoms with Gasteiger partial charge in [0.05, 0.1) is 0 Å². The molecule has 1 unspecified atom stereocenters. The summed E-state index contributed by atoms with van der Waals surface area (Å²) in [7, 11) is 0. The van der Waals surface area contributed by atoms with E-state index in [9.17, 15) is 14.7 Å². The molecule has 1 atom stereocenters. The normalized spacial score (nSPS) is 16.2. The van der Waals surface area contributed by atoms with Crippen LogP contribution in [0.2, 0.25) is 0 Å². The molecule has 0 saturated carbocycles. The first-order chi connectivity index (χ1) is 12.6. The number of hydrogen-bond donors (Lipinski definition) is 1. The van der Waals surface area contributed by atoms with Gasteiger partial charge in [-0.1, -0.05) is 42.5 Å². The van der Waals surface area contributed by atoms with Crippen LogP contribution < -0.4 is 0 Å². The number of aromatic nitrogens is 1. The van der Waals surface area contributed by atoms with Gasteiger partial charge in [0.15, 0.2) is 5.69 Å². The summed E-state index contributed by atoms with van der Waals surface area (Å²) in [4.78, 5) is 30.2. The predicted octanol–water partition coefficient (Wildman–Crippen LogP) is 2.99. The van der Waals surface area contributed by atoms with Crippen LogP contribution in [0, 0.1) is 0 Å². The van der Waals surface area contributed by atoms with Gasteiger partial charge in [0.25, 0.3) is 5.91 Å². The van der Waals surface area contributed by atoms with E-state index in [1.54, 1.807) is 0 Å². The summed E-state index contributed by atoms with van der Waals surface area (Å²) in [5, 5.41) is 9.58. The van der Waals surface area contributed by atoms with Crippen LogP contribution in [0.25, 0.3) is 11.5 Å². The number of benzene rings is 2. The van der Waals surface area contributed by atoms with E-state index in [2.05, 4.69) is 4.98 Å². The lowest BCUT2D eigenvalue weighted by Gasteiger charge is -2.33. The SMILES string of the molecule is O=C(O)C1Cc2ccccc2CN1C(=O)c1coc(-c2ccccc2)n1. The highest BCUT2D eigenvalue weighted by atomic mass is 16.4. The van der Waals surface area contributed by atoms with Crippen LogP contribution in [-0.2, 0) is 17.8 Å². The molecule has 1 aliphatic rings. The monoisotopic (exact) mass is 348 g/mol. The minimum absolute atomic E-state index is 0.106. The van der Waals surface area contributed by atoms with Crippen molar-refractivity contribution in [3.63, 3.8) is 0 Å². The number of oxazole rings is 1. The van der Waals surface area contributed by atoms with E-state index in [1.165, 1.54) is 11.2 Å². The Labute approximate surface area is 149 Å². The Balaban J connectivity index is 1.65. The molecule has 2 aromatic carbocycles. The van der Waals surface area contributed by atoms with Crippen molar-refractivity contribution in [1.82, 2.24) is 9.88 Å². The Hall–Kier alpha value is -3.41. The van der Waals surface area contributed by atoms with Crippen molar-refractivity contribution in [3.8, 4) is 11.5 Å². The van der Waals surface area contributed by atoms with Gasteiger partial charge in [0, 0.05) is 18.5 Å². The molecule has 0 saturated heterocycles. The van der Waals surface area contributed by atoms with E-state index in [1.807, 2.05) is 54.6 Å². The Bertz CT molecular complexity index is 965. The molecule has 6 heteroatoms. The first-order valence-electron chi connectivity index (χ1n) is 8.25. The highest BCUT2D eigenvalue weighted by Gasteiger charge is 2.36. The molecule has 0 aliphatic carbocycles. The minimum atomic E-state index is -1.03. The van der Waals surface area contributed by atoms with Crippen molar-refractivity contribution in [3.05, 3.63) is 77.7 Å². The van der Waals surface area contributed by atoms with Crippen LogP contribution >= 0.6 is 0 Å². The van der Waals surface area contributed by atoms with Crippen LogP contribution in [0.1, 0.15) is 21.6 Å². The maximum absolute atomic E-state index is 12.9. The Morgan fingerprint density at radius 3 is 2.46 bits per heavy atom. The zero-order valence-electron chi connectivity index (χ0n) is 13.8. The molecule has 6 nitrogen and oxygen atoms in total. The summed E-state index contributed by atoms with van der Waals surface area (Å²) >= 11 is 0. The Morgan fingerprint density at radius 1 is 1.04 bits per heavy atom. The summed E-state index contributed by atoms with van der Waals surface area (Å²) in [6.07, 6.45) is 1.56. The molecule has 3 aromatic rings. The first kappa shape index (κ1) is 16.1. The molecule has 0 spiro atoms. The number of amides is 1. The van der Waals surface area contributed by atoms with Crippen LogP contribution in [-0.4, -0.2) is 32.9 Å². The summed E-state index contributed by atoms with van der Waals surface area (Å²) < 4.78 is 5.42. The van der Waals surface area contributed by atoms with Gasteiger partial charge in [-0.3, -0.25) is 4.79 Å². The number of carbonyl (C=O) groups is 2. The third-order valence-electron chi connectivity index (χ3n) is 4.54. The van der Waals surface area contributed by atoms with Crippen LogP contribution in [0.4, 0.5) is 0 Å². The lowest BCUT2D eigenvalue weighted by molar-refractivity contribution is -0.142. The number of carboxylic acid groups (broad SMARTS) is 1. The van der Waals surface area contributed by atoms with E-state index >= 15 is 0 Å². The maximum atomic E-state index is 12.9. The molecule has 1 aliphatic heterocycles. The standard InChI is InChI=1S/C20H16N2O4/c23-19(16-12-26-18(21-16)13-6-2-1-3-7-13)22-11-15-9-5-4-8-14(15)10-17(22)20(24)25/h1-9,12,17H,10-11H2,(H,24,25). The minimum Gasteiger partial charge on any atom is -0.480 e. The molecule has 4 rings (SSSR count). The molecule has 1 N–H and O–H groups in total. The zero-order valence-corrected chi connectivity index (χ0v) is 13.8. The predicted molar refractivity (Wildman–Crippen MR) is 93.4 cm³/mol. The van der Waals surface area contributed by atoms with Gasteiger partial charge < -0.3 is 14.4 Å². The van der Waals surface area contributed by atoms with E-state index in [-0.39, 0.29) is 18.7 Å². The summed E-state index contributed by atoms with van der Waals surface area (Å²) in [6, 6.07) is 15.9. The lowest BCUT2D eigenvalue weighted by Crippen LogP contribution is -2.48. The second-order valence-corrected chi connectivity index (χ2v) is 6.16. The van der Waals surface area contributed by atoms with E-state index in [4.69, 9.17) is 4.42 Å². The number of rotatable bonds is 3. The largest absolute Gasteiger partial charge is 0.480 e. The van der Waals surface area contributed by atoms with Crippen molar-refractivity contribution in [2.24, 2.45) is 0 Å². The van der Waals surface area contributed by atoms with Gasteiger partial charge in [-0.25, -0.2) is 9.78 Å². The smallest absolute Gasteiger partial charge is 0.326 e. The second kappa shape index (κ2) is 6.48.